The molecule has 2 atom stereocenters. The number of alkyl halides is 1. The Labute approximate surface area is 93.4 Å². The normalized spacial score (nSPS) is 29.4. The van der Waals surface area contributed by atoms with Crippen molar-refractivity contribution in [1.29, 1.82) is 0 Å². The van der Waals surface area contributed by atoms with Gasteiger partial charge in [0.05, 0.1) is 7.11 Å². The van der Waals surface area contributed by atoms with Crippen molar-refractivity contribution in [3.8, 4) is 5.75 Å². The van der Waals surface area contributed by atoms with Crippen molar-refractivity contribution in [2.75, 3.05) is 7.11 Å². The molecule has 0 spiro atoms. The predicted octanol–water partition coefficient (Wildman–Crippen LogP) is 2.51. The van der Waals surface area contributed by atoms with Crippen LogP contribution in [0, 0.1) is 5.82 Å². The smallest absolute Gasteiger partial charge is 0.165 e. The summed E-state index contributed by atoms with van der Waals surface area (Å²) in [6.45, 7) is 0. The van der Waals surface area contributed by atoms with E-state index in [0.717, 1.165) is 0 Å². The van der Waals surface area contributed by atoms with Gasteiger partial charge in [0.25, 0.3) is 0 Å². The van der Waals surface area contributed by atoms with Crippen LogP contribution < -0.4 is 10.5 Å². The number of benzene rings is 1. The second-order valence-electron chi connectivity index (χ2n) is 4.32. The first-order valence-electron chi connectivity index (χ1n) is 5.34. The number of halogens is 2. The van der Waals surface area contributed by atoms with Crippen molar-refractivity contribution in [2.24, 2.45) is 5.73 Å². The van der Waals surface area contributed by atoms with Crippen LogP contribution >= 0.6 is 0 Å². The van der Waals surface area contributed by atoms with Crippen LogP contribution in [0.2, 0.25) is 0 Å². The molecule has 0 radical (unpaired) electrons. The minimum Gasteiger partial charge on any atom is -0.494 e. The molecule has 4 heteroatoms. The Kier molecular flexibility index (Phi) is 2.84. The zero-order chi connectivity index (χ0) is 11.8. The Morgan fingerprint density at radius 2 is 2.25 bits per heavy atom. The van der Waals surface area contributed by atoms with Gasteiger partial charge in [0, 0.05) is 12.5 Å². The van der Waals surface area contributed by atoms with Gasteiger partial charge in [-0.1, -0.05) is 6.07 Å². The van der Waals surface area contributed by atoms with Crippen LogP contribution in [-0.4, -0.2) is 13.2 Å². The fourth-order valence-electron chi connectivity index (χ4n) is 2.24. The maximum atomic E-state index is 14.4. The molecule has 0 heterocycles. The van der Waals surface area contributed by atoms with Crippen molar-refractivity contribution >= 4 is 0 Å². The number of nitrogens with two attached hydrogens (primary N) is 1. The number of hydrogen-bond acceptors (Lipinski definition) is 2. The fourth-order valence-corrected chi connectivity index (χ4v) is 2.24. The van der Waals surface area contributed by atoms with Crippen molar-refractivity contribution < 1.29 is 13.5 Å². The van der Waals surface area contributed by atoms with Gasteiger partial charge in [0.15, 0.2) is 11.6 Å². The minimum atomic E-state index is -1.48. The van der Waals surface area contributed by atoms with E-state index in [1.807, 2.05) is 0 Å². The first kappa shape index (κ1) is 11.3. The SMILES string of the molecule is COc1ccc(C2(F)CCC(N)C2)cc1F. The van der Waals surface area contributed by atoms with Crippen molar-refractivity contribution in [1.82, 2.24) is 0 Å². The molecule has 88 valence electrons. The highest BCUT2D eigenvalue weighted by Crippen LogP contribution is 2.42. The second-order valence-corrected chi connectivity index (χ2v) is 4.32. The summed E-state index contributed by atoms with van der Waals surface area (Å²) < 4.78 is 32.7. The Morgan fingerprint density at radius 1 is 1.50 bits per heavy atom. The van der Waals surface area contributed by atoms with E-state index in [-0.39, 0.29) is 18.2 Å². The van der Waals surface area contributed by atoms with Gasteiger partial charge >= 0.3 is 0 Å². The summed E-state index contributed by atoms with van der Waals surface area (Å²) in [5.74, 6) is -0.396. The lowest BCUT2D eigenvalue weighted by atomic mass is 9.94. The highest BCUT2D eigenvalue weighted by molar-refractivity contribution is 5.33. The van der Waals surface area contributed by atoms with Crippen molar-refractivity contribution in [3.05, 3.63) is 29.6 Å². The highest BCUT2D eigenvalue weighted by Gasteiger charge is 2.39. The molecule has 2 N–H and O–H groups in total. The molecule has 0 aromatic heterocycles. The fraction of sp³-hybridized carbons (Fsp3) is 0.500. The average Bonchev–Trinajstić information content (AvgIpc) is 2.60. The molecule has 0 bridgehead atoms. The molecule has 2 nitrogen and oxygen atoms in total. The molecule has 1 aliphatic rings. The number of methoxy groups -OCH3 is 1. The Hall–Kier alpha value is -1.16. The molecule has 1 aromatic carbocycles. The molecule has 1 aromatic rings. The van der Waals surface area contributed by atoms with E-state index < -0.39 is 11.5 Å². The van der Waals surface area contributed by atoms with E-state index in [4.69, 9.17) is 10.5 Å². The van der Waals surface area contributed by atoms with Crippen LogP contribution in [0.4, 0.5) is 8.78 Å². The maximum Gasteiger partial charge on any atom is 0.165 e. The quantitative estimate of drug-likeness (QED) is 0.842. The molecule has 0 saturated heterocycles. The lowest BCUT2D eigenvalue weighted by molar-refractivity contribution is 0.171. The number of rotatable bonds is 2. The van der Waals surface area contributed by atoms with Gasteiger partial charge in [-0.3, -0.25) is 0 Å². The summed E-state index contributed by atoms with van der Waals surface area (Å²) >= 11 is 0. The lowest BCUT2D eigenvalue weighted by Gasteiger charge is -2.20. The lowest BCUT2D eigenvalue weighted by Crippen LogP contribution is -2.21. The molecule has 1 aliphatic carbocycles. The first-order chi connectivity index (χ1) is 7.55. The van der Waals surface area contributed by atoms with Crippen molar-refractivity contribution in [2.45, 2.75) is 31.0 Å². The summed E-state index contributed by atoms with van der Waals surface area (Å²) in [6.07, 6.45) is 1.27. The van der Waals surface area contributed by atoms with Crippen LogP contribution in [0.5, 0.6) is 5.75 Å². The Morgan fingerprint density at radius 3 is 2.75 bits per heavy atom. The zero-order valence-electron chi connectivity index (χ0n) is 9.17. The maximum absolute atomic E-state index is 14.4. The monoisotopic (exact) mass is 227 g/mol. The summed E-state index contributed by atoms with van der Waals surface area (Å²) in [4.78, 5) is 0. The third kappa shape index (κ3) is 1.89. The summed E-state index contributed by atoms with van der Waals surface area (Å²) in [5, 5.41) is 0. The summed E-state index contributed by atoms with van der Waals surface area (Å²) in [7, 11) is 1.38. The molecular weight excluding hydrogens is 212 g/mol. The second kappa shape index (κ2) is 4.01. The Bertz CT molecular complexity index is 397. The van der Waals surface area contributed by atoms with Gasteiger partial charge in [0.1, 0.15) is 5.67 Å². The zero-order valence-corrected chi connectivity index (χ0v) is 9.17. The average molecular weight is 227 g/mol. The third-order valence-corrected chi connectivity index (χ3v) is 3.17. The molecule has 2 rings (SSSR count). The van der Waals surface area contributed by atoms with Gasteiger partial charge in [-0.05, 0) is 30.5 Å². The van der Waals surface area contributed by atoms with Crippen molar-refractivity contribution in [3.63, 3.8) is 0 Å². The summed E-state index contributed by atoms with van der Waals surface area (Å²) in [5.41, 5.74) is 4.56. The van der Waals surface area contributed by atoms with Crippen LogP contribution in [0.1, 0.15) is 24.8 Å². The molecule has 0 aliphatic heterocycles. The molecular formula is C12H15F2NO. The third-order valence-electron chi connectivity index (χ3n) is 3.17. The van der Waals surface area contributed by atoms with E-state index in [0.29, 0.717) is 18.4 Å². The predicted molar refractivity (Wildman–Crippen MR) is 57.6 cm³/mol. The van der Waals surface area contributed by atoms with Gasteiger partial charge in [-0.15, -0.1) is 0 Å². The van der Waals surface area contributed by atoms with Gasteiger partial charge < -0.3 is 10.5 Å². The molecule has 2 unspecified atom stereocenters. The molecule has 0 amide bonds. The van der Waals surface area contributed by atoms with E-state index in [2.05, 4.69) is 0 Å². The first-order valence-corrected chi connectivity index (χ1v) is 5.34. The topological polar surface area (TPSA) is 35.2 Å². The summed E-state index contributed by atoms with van der Waals surface area (Å²) in [6, 6.07) is 4.10. The van der Waals surface area contributed by atoms with E-state index >= 15 is 0 Å². The van der Waals surface area contributed by atoms with Crippen LogP contribution in [-0.2, 0) is 5.67 Å². The largest absolute Gasteiger partial charge is 0.494 e. The van der Waals surface area contributed by atoms with E-state index in [9.17, 15) is 8.78 Å². The number of ether oxygens (including phenoxy) is 1. The molecule has 16 heavy (non-hydrogen) atoms. The van der Waals surface area contributed by atoms with Crippen LogP contribution in [0.25, 0.3) is 0 Å². The van der Waals surface area contributed by atoms with Crippen LogP contribution in [0.3, 0.4) is 0 Å². The van der Waals surface area contributed by atoms with E-state index in [1.165, 1.54) is 19.2 Å². The number of hydrogen-bond donors (Lipinski definition) is 1. The van der Waals surface area contributed by atoms with E-state index in [1.54, 1.807) is 6.07 Å². The van der Waals surface area contributed by atoms with Crippen LogP contribution in [0.15, 0.2) is 18.2 Å². The van der Waals surface area contributed by atoms with Gasteiger partial charge in [-0.2, -0.15) is 0 Å². The molecule has 1 fully saturated rings. The standard InChI is InChI=1S/C12H15F2NO/c1-16-11-3-2-8(6-10(11)13)12(14)5-4-9(15)7-12/h2-3,6,9H,4-5,7,15H2,1H3. The Balaban J connectivity index is 2.31. The molecule has 1 saturated carbocycles. The highest BCUT2D eigenvalue weighted by atomic mass is 19.1. The van der Waals surface area contributed by atoms with Gasteiger partial charge in [-0.25, -0.2) is 8.78 Å². The minimum absolute atomic E-state index is 0.129. The van der Waals surface area contributed by atoms with Gasteiger partial charge in [0.2, 0.25) is 0 Å².